The van der Waals surface area contributed by atoms with Gasteiger partial charge in [-0.15, -0.1) is 0 Å². The molecule has 2 fully saturated rings. The summed E-state index contributed by atoms with van der Waals surface area (Å²) in [6.45, 7) is 8.20. The predicted molar refractivity (Wildman–Crippen MR) is 218 cm³/mol. The number of nitrogens with zero attached hydrogens (tertiary/aromatic N) is 2. The van der Waals surface area contributed by atoms with E-state index in [0.29, 0.717) is 11.3 Å². The average Bonchev–Trinajstić information content (AvgIpc) is 3.80. The summed E-state index contributed by atoms with van der Waals surface area (Å²) in [5.74, 6) is -3.47. The zero-order chi connectivity index (χ0) is 42.8. The van der Waals surface area contributed by atoms with Gasteiger partial charge in [0, 0.05) is 42.5 Å². The lowest BCUT2D eigenvalue weighted by molar-refractivity contribution is -0.139. The van der Waals surface area contributed by atoms with E-state index in [9.17, 15) is 33.6 Å². The van der Waals surface area contributed by atoms with Crippen molar-refractivity contribution < 1.29 is 43.0 Å². The van der Waals surface area contributed by atoms with Gasteiger partial charge in [0.2, 0.25) is 35.4 Å². The number of carbonyl (C=O) groups excluding carboxylic acids is 7. The van der Waals surface area contributed by atoms with Crippen LogP contribution in [0.25, 0.3) is 10.9 Å². The quantitative estimate of drug-likeness (QED) is 0.174. The Morgan fingerprint density at radius 1 is 0.814 bits per heavy atom. The second-order valence-corrected chi connectivity index (χ2v) is 15.9. The van der Waals surface area contributed by atoms with Gasteiger partial charge in [-0.25, -0.2) is 4.79 Å². The van der Waals surface area contributed by atoms with Crippen molar-refractivity contribution in [1.82, 2.24) is 41.4 Å². The number of hydrogen-bond donors (Lipinski definition) is 6. The Kier molecular flexibility index (Phi) is 14.9. The molecule has 0 radical (unpaired) electrons. The van der Waals surface area contributed by atoms with E-state index in [4.69, 9.17) is 9.47 Å². The third kappa shape index (κ3) is 12.0. The van der Waals surface area contributed by atoms with Gasteiger partial charge in [-0.2, -0.15) is 0 Å². The lowest BCUT2D eigenvalue weighted by Gasteiger charge is -2.32. The van der Waals surface area contributed by atoms with Crippen LogP contribution in [0.1, 0.15) is 52.2 Å². The number of amides is 7. The minimum atomic E-state index is -1.21. The highest BCUT2D eigenvalue weighted by atomic mass is 16.6. The molecule has 17 nitrogen and oxygen atoms in total. The standard InChI is InChI=1S/C42H56N8O9/c1-24(2)17-32-40(55)47-33(18-27-11-13-29(58-6)14-12-27)39(54)44-26(5)38(53)48-35(25(3)4)21-50(37(52)23-49-15-16-59-42(49)57)22-36(51)45-34(41(56)46-32)19-28-20-43-31-10-8-7-9-30(28)31/h7-14,20,24-26,32-35,43H,15-19,21-23H2,1-6H3,(H,44,54)(H,45,51)(H,46,56)(H,47,55)(H,48,53)/t26-,32+,33+,34-,35-/m1/s1. The number of aromatic nitrogens is 1. The first-order valence-corrected chi connectivity index (χ1v) is 20.0. The third-order valence-electron chi connectivity index (χ3n) is 10.5. The lowest BCUT2D eigenvalue weighted by atomic mass is 9.99. The highest BCUT2D eigenvalue weighted by Crippen LogP contribution is 2.20. The summed E-state index contributed by atoms with van der Waals surface area (Å²) in [6.07, 6.45) is 1.35. The van der Waals surface area contributed by atoms with Crippen molar-refractivity contribution in [2.75, 3.05) is 39.9 Å². The van der Waals surface area contributed by atoms with Crippen LogP contribution in [0, 0.1) is 11.8 Å². The summed E-state index contributed by atoms with van der Waals surface area (Å²) in [4.78, 5) is 102. The number of H-pyrrole nitrogens is 1. The van der Waals surface area contributed by atoms with E-state index in [1.807, 2.05) is 52.0 Å². The molecule has 7 amide bonds. The lowest BCUT2D eigenvalue weighted by Crippen LogP contribution is -2.61. The molecule has 59 heavy (non-hydrogen) atoms. The molecule has 3 aromatic rings. The molecule has 17 heteroatoms. The van der Waals surface area contributed by atoms with Crippen LogP contribution in [0.4, 0.5) is 4.79 Å². The Balaban J connectivity index is 1.52. The van der Waals surface area contributed by atoms with E-state index in [0.717, 1.165) is 16.5 Å². The number of rotatable bonds is 10. The summed E-state index contributed by atoms with van der Waals surface area (Å²) >= 11 is 0. The topological polar surface area (TPSA) is 220 Å². The minimum Gasteiger partial charge on any atom is -0.497 e. The van der Waals surface area contributed by atoms with Crippen LogP contribution in [0.5, 0.6) is 5.75 Å². The second-order valence-electron chi connectivity index (χ2n) is 15.9. The molecule has 318 valence electrons. The third-order valence-corrected chi connectivity index (χ3v) is 10.5. The van der Waals surface area contributed by atoms with Gasteiger partial charge in [0.05, 0.1) is 20.2 Å². The molecule has 0 spiro atoms. The van der Waals surface area contributed by atoms with Crippen LogP contribution >= 0.6 is 0 Å². The molecule has 2 aliphatic heterocycles. The first kappa shape index (κ1) is 44.0. The summed E-state index contributed by atoms with van der Waals surface area (Å²) in [5.41, 5.74) is 2.24. The van der Waals surface area contributed by atoms with Crippen molar-refractivity contribution in [3.8, 4) is 5.75 Å². The Morgan fingerprint density at radius 2 is 1.47 bits per heavy atom. The number of fused-ring (bicyclic) bond motifs is 1. The zero-order valence-corrected chi connectivity index (χ0v) is 34.5. The maximum absolute atomic E-state index is 14.4. The molecule has 2 saturated heterocycles. The number of carbonyl (C=O) groups is 7. The van der Waals surface area contributed by atoms with Gasteiger partial charge in [-0.1, -0.05) is 58.0 Å². The molecule has 0 unspecified atom stereocenters. The number of ether oxygens (including phenoxy) is 2. The Labute approximate surface area is 343 Å². The molecule has 2 aliphatic rings. The van der Waals surface area contributed by atoms with Crippen LogP contribution in [-0.2, 0) is 46.3 Å². The monoisotopic (exact) mass is 816 g/mol. The summed E-state index contributed by atoms with van der Waals surface area (Å²) < 4.78 is 10.3. The van der Waals surface area contributed by atoms with Gasteiger partial charge in [0.15, 0.2) is 0 Å². The summed E-state index contributed by atoms with van der Waals surface area (Å²) in [5, 5.41) is 15.0. The summed E-state index contributed by atoms with van der Waals surface area (Å²) in [7, 11) is 1.53. The van der Waals surface area contributed by atoms with Crippen molar-refractivity contribution in [3.05, 3.63) is 65.9 Å². The number of methoxy groups -OCH3 is 1. The van der Waals surface area contributed by atoms with E-state index in [2.05, 4.69) is 31.6 Å². The molecular formula is C42H56N8O9. The normalized spacial score (nSPS) is 22.9. The Morgan fingerprint density at radius 3 is 2.14 bits per heavy atom. The fourth-order valence-corrected chi connectivity index (χ4v) is 7.03. The number of aromatic amines is 1. The number of nitrogens with one attached hydrogen (secondary N) is 6. The van der Waals surface area contributed by atoms with Crippen molar-refractivity contribution in [2.24, 2.45) is 11.8 Å². The fourth-order valence-electron chi connectivity index (χ4n) is 7.03. The maximum Gasteiger partial charge on any atom is 0.410 e. The number of hydrogen-bond acceptors (Lipinski definition) is 9. The van der Waals surface area contributed by atoms with Crippen LogP contribution in [0.2, 0.25) is 0 Å². The number of cyclic esters (lactones) is 1. The number of benzene rings is 2. The van der Waals surface area contributed by atoms with Crippen molar-refractivity contribution >= 4 is 52.4 Å². The smallest absolute Gasteiger partial charge is 0.410 e. The van der Waals surface area contributed by atoms with Crippen LogP contribution in [-0.4, -0.2) is 126 Å². The summed E-state index contributed by atoms with van der Waals surface area (Å²) in [6, 6.07) is 9.18. The van der Waals surface area contributed by atoms with Gasteiger partial charge in [0.25, 0.3) is 0 Å². The van der Waals surface area contributed by atoms with Crippen LogP contribution in [0.3, 0.4) is 0 Å². The van der Waals surface area contributed by atoms with E-state index in [1.165, 1.54) is 23.8 Å². The first-order chi connectivity index (χ1) is 28.1. The van der Waals surface area contributed by atoms with Gasteiger partial charge in [0.1, 0.15) is 43.1 Å². The predicted octanol–water partition coefficient (Wildman–Crippen LogP) is 1.40. The van der Waals surface area contributed by atoms with Crippen LogP contribution < -0.4 is 31.3 Å². The Hall–Kier alpha value is -6.13. The largest absolute Gasteiger partial charge is 0.497 e. The van der Waals surface area contributed by atoms with Crippen molar-refractivity contribution in [3.63, 3.8) is 0 Å². The molecule has 0 bridgehead atoms. The number of para-hydroxylation sites is 1. The molecule has 6 N–H and O–H groups in total. The highest BCUT2D eigenvalue weighted by Gasteiger charge is 2.35. The van der Waals surface area contributed by atoms with Gasteiger partial charge >= 0.3 is 6.09 Å². The van der Waals surface area contributed by atoms with Crippen LogP contribution in [0.15, 0.2) is 54.7 Å². The minimum absolute atomic E-state index is 0.0240. The fraction of sp³-hybridized carbons (Fsp3) is 0.500. The van der Waals surface area contributed by atoms with E-state index in [1.54, 1.807) is 30.5 Å². The first-order valence-electron chi connectivity index (χ1n) is 20.0. The van der Waals surface area contributed by atoms with Gasteiger partial charge in [-0.3, -0.25) is 33.7 Å². The molecule has 0 saturated carbocycles. The van der Waals surface area contributed by atoms with Gasteiger partial charge in [-0.05, 0) is 54.5 Å². The highest BCUT2D eigenvalue weighted by molar-refractivity contribution is 5.97. The molecule has 0 aliphatic carbocycles. The molecule has 5 atom stereocenters. The second kappa shape index (κ2) is 20.0. The Bertz CT molecular complexity index is 2000. The molecule has 1 aromatic heterocycles. The zero-order valence-electron chi connectivity index (χ0n) is 34.5. The SMILES string of the molecule is COc1ccc(C[C@@H]2NC(=O)[C@H](CC(C)C)NC(=O)[C@@H](Cc3c[nH]c4ccccc34)NC(=O)CN(C(=O)CN3CCOC3=O)C[C@H](C(C)C)NC(=O)[C@@H](C)NC2=O)cc1. The molecule has 2 aromatic carbocycles. The molecular weight excluding hydrogens is 761 g/mol. The van der Waals surface area contributed by atoms with Gasteiger partial charge < -0.3 is 45.9 Å². The molecule has 3 heterocycles. The average molecular weight is 817 g/mol. The van der Waals surface area contributed by atoms with E-state index < -0.39 is 78.3 Å². The van der Waals surface area contributed by atoms with Crippen molar-refractivity contribution in [2.45, 2.75) is 84.1 Å². The van der Waals surface area contributed by atoms with Crippen molar-refractivity contribution in [1.29, 1.82) is 0 Å². The van der Waals surface area contributed by atoms with E-state index >= 15 is 0 Å². The van der Waals surface area contributed by atoms with E-state index in [-0.39, 0.29) is 57.3 Å². The molecule has 5 rings (SSSR count). The maximum atomic E-state index is 14.4.